The van der Waals surface area contributed by atoms with Crippen molar-refractivity contribution >= 4 is 16.7 Å². The predicted molar refractivity (Wildman–Crippen MR) is 100 cm³/mol. The second-order valence-corrected chi connectivity index (χ2v) is 6.89. The zero-order chi connectivity index (χ0) is 18.8. The number of benzene rings is 1. The van der Waals surface area contributed by atoms with Gasteiger partial charge in [-0.1, -0.05) is 24.3 Å². The van der Waals surface area contributed by atoms with Crippen LogP contribution >= 0.6 is 0 Å². The van der Waals surface area contributed by atoms with E-state index in [1.54, 1.807) is 6.20 Å². The summed E-state index contributed by atoms with van der Waals surface area (Å²) in [5, 5.41) is 13.0. The van der Waals surface area contributed by atoms with Crippen molar-refractivity contribution in [3.05, 3.63) is 42.4 Å². The molecule has 2 unspecified atom stereocenters. The molecule has 8 nitrogen and oxygen atoms in total. The third-order valence-corrected chi connectivity index (χ3v) is 5.02. The number of carbonyl (C=O) groups is 1. The van der Waals surface area contributed by atoms with Gasteiger partial charge in [-0.05, 0) is 25.3 Å². The summed E-state index contributed by atoms with van der Waals surface area (Å²) in [5.41, 5.74) is 6.96. The van der Waals surface area contributed by atoms with Crippen LogP contribution in [0.1, 0.15) is 26.2 Å². The molecule has 1 fully saturated rings. The number of carbonyl (C=O) groups excluding carboxylic acids is 1. The normalized spacial score (nSPS) is 22.2. The maximum atomic E-state index is 12.2. The second kappa shape index (κ2) is 7.42. The van der Waals surface area contributed by atoms with Gasteiger partial charge in [0.25, 0.3) is 5.89 Å². The lowest BCUT2D eigenvalue weighted by Gasteiger charge is -2.16. The average Bonchev–Trinajstić information content (AvgIpc) is 3.28. The third kappa shape index (κ3) is 3.67. The van der Waals surface area contributed by atoms with Crippen LogP contribution in [0.15, 0.2) is 40.9 Å². The van der Waals surface area contributed by atoms with Crippen molar-refractivity contribution in [3.8, 4) is 11.6 Å². The fourth-order valence-corrected chi connectivity index (χ4v) is 3.43. The van der Waals surface area contributed by atoms with E-state index in [1.165, 1.54) is 0 Å². The third-order valence-electron chi connectivity index (χ3n) is 5.02. The molecule has 140 valence electrons. The minimum atomic E-state index is -0.0350. The van der Waals surface area contributed by atoms with Gasteiger partial charge in [-0.3, -0.25) is 20.6 Å². The van der Waals surface area contributed by atoms with Gasteiger partial charge >= 0.3 is 0 Å². The van der Waals surface area contributed by atoms with E-state index < -0.39 is 0 Å². The first-order valence-electron chi connectivity index (χ1n) is 9.06. The Kier molecular flexibility index (Phi) is 4.83. The molecule has 2 atom stereocenters. The Hall–Kier alpha value is -2.84. The number of amides is 1. The first kappa shape index (κ1) is 17.6. The van der Waals surface area contributed by atoms with E-state index >= 15 is 0 Å². The monoisotopic (exact) mass is 366 g/mol. The van der Waals surface area contributed by atoms with Crippen molar-refractivity contribution in [1.82, 2.24) is 31.3 Å². The minimum absolute atomic E-state index is 0.0350. The molecular formula is C19H22N6O2. The summed E-state index contributed by atoms with van der Waals surface area (Å²) >= 11 is 0. The van der Waals surface area contributed by atoms with E-state index in [0.717, 1.165) is 10.8 Å². The van der Waals surface area contributed by atoms with E-state index in [-0.39, 0.29) is 30.5 Å². The molecule has 3 N–H and O–H groups in total. The van der Waals surface area contributed by atoms with Crippen LogP contribution in [0.25, 0.3) is 22.4 Å². The number of pyridine rings is 1. The highest BCUT2D eigenvalue weighted by Crippen LogP contribution is 2.25. The smallest absolute Gasteiger partial charge is 0.266 e. The van der Waals surface area contributed by atoms with Crippen molar-refractivity contribution in [2.45, 2.75) is 38.9 Å². The number of nitrogens with one attached hydrogen (secondary N) is 3. The Balaban J connectivity index is 1.42. The van der Waals surface area contributed by atoms with Crippen LogP contribution < -0.4 is 16.2 Å². The van der Waals surface area contributed by atoms with Crippen LogP contribution in [-0.2, 0) is 11.3 Å². The van der Waals surface area contributed by atoms with Gasteiger partial charge in [-0.25, -0.2) is 0 Å². The Morgan fingerprint density at radius 2 is 1.93 bits per heavy atom. The number of hydrazine groups is 1. The first-order valence-corrected chi connectivity index (χ1v) is 9.06. The lowest BCUT2D eigenvalue weighted by molar-refractivity contribution is -0.122. The Morgan fingerprint density at radius 1 is 1.15 bits per heavy atom. The van der Waals surface area contributed by atoms with E-state index in [2.05, 4.69) is 45.2 Å². The van der Waals surface area contributed by atoms with E-state index in [4.69, 9.17) is 4.42 Å². The zero-order valence-electron chi connectivity index (χ0n) is 15.3. The topological polar surface area (TPSA) is 105 Å². The molecule has 3 heterocycles. The molecule has 1 aliphatic heterocycles. The van der Waals surface area contributed by atoms with Gasteiger partial charge in [0.2, 0.25) is 11.8 Å². The second-order valence-electron chi connectivity index (χ2n) is 6.89. The lowest BCUT2D eigenvalue weighted by Crippen LogP contribution is -2.31. The largest absolute Gasteiger partial charge is 0.417 e. The zero-order valence-corrected chi connectivity index (χ0v) is 15.3. The summed E-state index contributed by atoms with van der Waals surface area (Å²) in [6, 6.07) is 10.3. The van der Waals surface area contributed by atoms with Crippen molar-refractivity contribution in [3.63, 3.8) is 0 Å². The molecule has 0 bridgehead atoms. The molecule has 1 saturated heterocycles. The van der Waals surface area contributed by atoms with Gasteiger partial charge in [0.1, 0.15) is 5.69 Å². The molecule has 0 aliphatic carbocycles. The average molecular weight is 366 g/mol. The fraction of sp³-hybridized carbons (Fsp3) is 0.368. The molecule has 0 saturated carbocycles. The van der Waals surface area contributed by atoms with Crippen LogP contribution in [-0.4, -0.2) is 33.2 Å². The lowest BCUT2D eigenvalue weighted by atomic mass is 9.93. The van der Waals surface area contributed by atoms with Gasteiger partial charge in [0.15, 0.2) is 0 Å². The first-order chi connectivity index (χ1) is 13.1. The standard InChI is InChI=1S/C19H22N6O2/c1-11-15(12(2)23-22-11)9-16(26)21-10-17-24-25-19(27-17)18-14-6-4-3-5-13(14)7-8-20-18/h3-8,11-12,15,22-23H,9-10H2,1-2H3,(H,21,26). The van der Waals surface area contributed by atoms with E-state index in [9.17, 15) is 4.79 Å². The molecule has 2 aromatic heterocycles. The van der Waals surface area contributed by atoms with Gasteiger partial charge < -0.3 is 9.73 Å². The van der Waals surface area contributed by atoms with Crippen LogP contribution in [0.4, 0.5) is 0 Å². The Bertz CT molecular complexity index is 941. The molecule has 8 heteroatoms. The summed E-state index contributed by atoms with van der Waals surface area (Å²) in [5.74, 6) is 0.912. The molecule has 1 aliphatic rings. The van der Waals surface area contributed by atoms with Gasteiger partial charge in [-0.15, -0.1) is 10.2 Å². The molecule has 27 heavy (non-hydrogen) atoms. The van der Waals surface area contributed by atoms with Gasteiger partial charge in [-0.2, -0.15) is 0 Å². The van der Waals surface area contributed by atoms with Crippen LogP contribution in [0.2, 0.25) is 0 Å². The molecule has 3 aromatic rings. The highest BCUT2D eigenvalue weighted by molar-refractivity contribution is 5.92. The maximum absolute atomic E-state index is 12.2. The highest BCUT2D eigenvalue weighted by Gasteiger charge is 2.31. The van der Waals surface area contributed by atoms with Gasteiger partial charge in [0, 0.05) is 36.0 Å². The maximum Gasteiger partial charge on any atom is 0.266 e. The van der Waals surface area contributed by atoms with Crippen LogP contribution in [0.5, 0.6) is 0 Å². The summed E-state index contributed by atoms with van der Waals surface area (Å²) in [4.78, 5) is 16.6. The summed E-state index contributed by atoms with van der Waals surface area (Å²) in [6.07, 6.45) is 2.16. The number of aromatic nitrogens is 3. The van der Waals surface area contributed by atoms with Crippen molar-refractivity contribution < 1.29 is 9.21 Å². The van der Waals surface area contributed by atoms with E-state index in [1.807, 2.05) is 30.3 Å². The molecule has 0 spiro atoms. The van der Waals surface area contributed by atoms with Crippen molar-refractivity contribution in [2.24, 2.45) is 5.92 Å². The number of hydrogen-bond donors (Lipinski definition) is 3. The molecule has 4 rings (SSSR count). The van der Waals surface area contributed by atoms with Crippen molar-refractivity contribution in [2.75, 3.05) is 0 Å². The predicted octanol–water partition coefficient (Wildman–Crippen LogP) is 1.79. The number of rotatable bonds is 5. The van der Waals surface area contributed by atoms with Gasteiger partial charge in [0.05, 0.1) is 6.54 Å². The Morgan fingerprint density at radius 3 is 2.74 bits per heavy atom. The van der Waals surface area contributed by atoms with Crippen molar-refractivity contribution in [1.29, 1.82) is 0 Å². The molecule has 0 radical (unpaired) electrons. The quantitative estimate of drug-likeness (QED) is 0.632. The SMILES string of the molecule is CC1NNC(C)C1CC(=O)NCc1nnc(-c2nccc3ccccc23)o1. The van der Waals surface area contributed by atoms with Crippen LogP contribution in [0.3, 0.4) is 0 Å². The molecule has 1 aromatic carbocycles. The number of nitrogens with zero attached hydrogens (tertiary/aromatic N) is 3. The summed E-state index contributed by atoms with van der Waals surface area (Å²) in [6.45, 7) is 4.33. The summed E-state index contributed by atoms with van der Waals surface area (Å²) < 4.78 is 5.72. The molecular weight excluding hydrogens is 344 g/mol. The fourth-order valence-electron chi connectivity index (χ4n) is 3.43. The van der Waals surface area contributed by atoms with E-state index in [0.29, 0.717) is 23.9 Å². The number of fused-ring (bicyclic) bond motifs is 1. The highest BCUT2D eigenvalue weighted by atomic mass is 16.4. The van der Waals surface area contributed by atoms with Crippen LogP contribution in [0, 0.1) is 5.92 Å². The number of hydrogen-bond acceptors (Lipinski definition) is 7. The Labute approximate surface area is 156 Å². The molecule has 1 amide bonds. The summed E-state index contributed by atoms with van der Waals surface area (Å²) in [7, 11) is 0. The minimum Gasteiger partial charge on any atom is -0.417 e.